The predicted octanol–water partition coefficient (Wildman–Crippen LogP) is 5.33. The van der Waals surface area contributed by atoms with Gasteiger partial charge in [-0.25, -0.2) is 4.39 Å². The largest absolute Gasteiger partial charge is 0.206 e. The third kappa shape index (κ3) is 3.07. The average molecular weight is 352 g/mol. The van der Waals surface area contributed by atoms with Crippen molar-refractivity contribution >= 4 is 31.9 Å². The highest BCUT2D eigenvalue weighted by Crippen LogP contribution is 2.35. The van der Waals surface area contributed by atoms with Gasteiger partial charge < -0.3 is 0 Å². The molecule has 0 aliphatic rings. The molecule has 0 saturated heterocycles. The first kappa shape index (κ1) is 14.2. The van der Waals surface area contributed by atoms with Crippen LogP contribution in [-0.4, -0.2) is 5.33 Å². The lowest BCUT2D eigenvalue weighted by atomic mass is 9.79. The zero-order valence-electron chi connectivity index (χ0n) is 9.69. The van der Waals surface area contributed by atoms with E-state index < -0.39 is 0 Å². The molecule has 16 heavy (non-hydrogen) atoms. The number of benzene rings is 1. The summed E-state index contributed by atoms with van der Waals surface area (Å²) in [5.41, 5.74) is 1.29. The van der Waals surface area contributed by atoms with E-state index in [9.17, 15) is 4.39 Å². The van der Waals surface area contributed by atoms with Gasteiger partial charge in [-0.1, -0.05) is 41.9 Å². The Morgan fingerprint density at radius 1 is 1.25 bits per heavy atom. The van der Waals surface area contributed by atoms with Gasteiger partial charge in [-0.2, -0.15) is 0 Å². The van der Waals surface area contributed by atoms with Gasteiger partial charge >= 0.3 is 0 Å². The van der Waals surface area contributed by atoms with Crippen LogP contribution in [-0.2, 0) is 6.42 Å². The Hall–Kier alpha value is 0.110. The normalized spacial score (nSPS) is 11.8. The fraction of sp³-hybridized carbons (Fsp3) is 0.538. The molecule has 0 spiro atoms. The molecule has 3 heteroatoms. The quantitative estimate of drug-likeness (QED) is 0.629. The highest BCUT2D eigenvalue weighted by atomic mass is 79.9. The monoisotopic (exact) mass is 350 g/mol. The van der Waals surface area contributed by atoms with E-state index in [4.69, 9.17) is 0 Å². The van der Waals surface area contributed by atoms with Crippen molar-refractivity contribution in [2.24, 2.45) is 5.41 Å². The van der Waals surface area contributed by atoms with Crippen LogP contribution >= 0.6 is 31.9 Å². The summed E-state index contributed by atoms with van der Waals surface area (Å²) in [4.78, 5) is 0. The Morgan fingerprint density at radius 3 is 2.38 bits per heavy atom. The molecule has 0 atom stereocenters. The van der Waals surface area contributed by atoms with Crippen molar-refractivity contribution in [3.8, 4) is 0 Å². The maximum absolute atomic E-state index is 13.4. The zero-order valence-corrected chi connectivity index (χ0v) is 12.9. The van der Waals surface area contributed by atoms with Crippen LogP contribution in [0.1, 0.15) is 32.3 Å². The Balaban J connectivity index is 2.98. The van der Waals surface area contributed by atoms with E-state index >= 15 is 0 Å². The first-order chi connectivity index (χ1) is 7.58. The SMILES string of the molecule is CCC(CC)(CBr)Cc1cccc(F)c1Br. The number of halogens is 3. The second-order valence-corrected chi connectivity index (χ2v) is 5.58. The molecule has 1 rings (SSSR count). The van der Waals surface area contributed by atoms with E-state index in [2.05, 4.69) is 45.7 Å². The molecular formula is C13H17Br2F. The Bertz CT molecular complexity index is 338. The minimum atomic E-state index is -0.173. The average Bonchev–Trinajstić information content (AvgIpc) is 2.32. The van der Waals surface area contributed by atoms with Gasteiger partial charge in [-0.3, -0.25) is 0 Å². The first-order valence-corrected chi connectivity index (χ1v) is 7.49. The Morgan fingerprint density at radius 2 is 1.88 bits per heavy atom. The van der Waals surface area contributed by atoms with Crippen LogP contribution < -0.4 is 0 Å². The lowest BCUT2D eigenvalue weighted by molar-refractivity contribution is 0.306. The number of hydrogen-bond donors (Lipinski definition) is 0. The Labute approximate surface area is 114 Å². The molecule has 0 unspecified atom stereocenters. The van der Waals surface area contributed by atoms with Gasteiger partial charge in [-0.05, 0) is 52.2 Å². The molecule has 90 valence electrons. The molecule has 0 nitrogen and oxygen atoms in total. The van der Waals surface area contributed by atoms with Crippen LogP contribution in [0, 0.1) is 11.2 Å². The first-order valence-electron chi connectivity index (χ1n) is 5.57. The van der Waals surface area contributed by atoms with Crippen LogP contribution in [0.2, 0.25) is 0 Å². The predicted molar refractivity (Wildman–Crippen MR) is 74.6 cm³/mol. The number of hydrogen-bond acceptors (Lipinski definition) is 0. The van der Waals surface area contributed by atoms with Gasteiger partial charge in [0.15, 0.2) is 0 Å². The molecule has 0 bridgehead atoms. The topological polar surface area (TPSA) is 0 Å². The van der Waals surface area contributed by atoms with E-state index in [1.54, 1.807) is 6.07 Å². The third-order valence-electron chi connectivity index (χ3n) is 3.38. The fourth-order valence-electron chi connectivity index (χ4n) is 1.83. The van der Waals surface area contributed by atoms with Gasteiger partial charge in [0.05, 0.1) is 4.47 Å². The summed E-state index contributed by atoms with van der Waals surface area (Å²) >= 11 is 6.92. The molecule has 1 aromatic carbocycles. The summed E-state index contributed by atoms with van der Waals surface area (Å²) in [6.45, 7) is 4.38. The van der Waals surface area contributed by atoms with Crippen molar-refractivity contribution in [3.05, 3.63) is 34.1 Å². The summed E-state index contributed by atoms with van der Waals surface area (Å²) in [6.07, 6.45) is 3.10. The summed E-state index contributed by atoms with van der Waals surface area (Å²) < 4.78 is 14.0. The van der Waals surface area contributed by atoms with Crippen LogP contribution in [0.5, 0.6) is 0 Å². The summed E-state index contributed by atoms with van der Waals surface area (Å²) in [5, 5.41) is 0.954. The van der Waals surface area contributed by atoms with Gasteiger partial charge in [0.2, 0.25) is 0 Å². The maximum atomic E-state index is 13.4. The minimum absolute atomic E-state index is 0.173. The highest BCUT2D eigenvalue weighted by Gasteiger charge is 2.26. The van der Waals surface area contributed by atoms with E-state index in [0.29, 0.717) is 4.47 Å². The fourth-order valence-corrected chi connectivity index (χ4v) is 3.22. The smallest absolute Gasteiger partial charge is 0.137 e. The number of rotatable bonds is 5. The Kier molecular flexibility index (Phi) is 5.45. The number of alkyl halides is 1. The summed E-state index contributed by atoms with van der Waals surface area (Å²) in [5.74, 6) is -0.173. The molecule has 0 saturated carbocycles. The van der Waals surface area contributed by atoms with Crippen LogP contribution in [0.4, 0.5) is 4.39 Å². The molecule has 0 aliphatic carbocycles. The van der Waals surface area contributed by atoms with Crippen molar-refractivity contribution in [3.63, 3.8) is 0 Å². The summed E-state index contributed by atoms with van der Waals surface area (Å²) in [6, 6.07) is 5.26. The summed E-state index contributed by atoms with van der Waals surface area (Å²) in [7, 11) is 0. The van der Waals surface area contributed by atoms with E-state index in [1.807, 2.05) is 6.07 Å². The molecule has 0 fully saturated rings. The van der Waals surface area contributed by atoms with E-state index in [1.165, 1.54) is 6.07 Å². The molecule has 1 aromatic rings. The van der Waals surface area contributed by atoms with Gasteiger partial charge in [-0.15, -0.1) is 0 Å². The molecule has 0 aliphatic heterocycles. The third-order valence-corrected chi connectivity index (χ3v) is 5.46. The molecular weight excluding hydrogens is 335 g/mol. The van der Waals surface area contributed by atoms with Crippen molar-refractivity contribution in [1.82, 2.24) is 0 Å². The second-order valence-electron chi connectivity index (χ2n) is 4.23. The van der Waals surface area contributed by atoms with E-state index in [-0.39, 0.29) is 11.2 Å². The van der Waals surface area contributed by atoms with E-state index in [0.717, 1.165) is 30.2 Å². The van der Waals surface area contributed by atoms with Gasteiger partial charge in [0.25, 0.3) is 0 Å². The standard InChI is InChI=1S/C13H17Br2F/c1-3-13(4-2,9-14)8-10-6-5-7-11(16)12(10)15/h5-7H,3-4,8-9H2,1-2H3. The highest BCUT2D eigenvalue weighted by molar-refractivity contribution is 9.10. The lowest BCUT2D eigenvalue weighted by Crippen LogP contribution is -2.24. The van der Waals surface area contributed by atoms with Gasteiger partial charge in [0.1, 0.15) is 5.82 Å². The van der Waals surface area contributed by atoms with Crippen molar-refractivity contribution in [2.45, 2.75) is 33.1 Å². The molecule has 0 amide bonds. The minimum Gasteiger partial charge on any atom is -0.206 e. The van der Waals surface area contributed by atoms with Crippen molar-refractivity contribution in [2.75, 3.05) is 5.33 Å². The van der Waals surface area contributed by atoms with Crippen LogP contribution in [0.3, 0.4) is 0 Å². The van der Waals surface area contributed by atoms with Gasteiger partial charge in [0, 0.05) is 5.33 Å². The molecule has 0 aromatic heterocycles. The molecule has 0 N–H and O–H groups in total. The van der Waals surface area contributed by atoms with Crippen molar-refractivity contribution < 1.29 is 4.39 Å². The molecule has 0 heterocycles. The zero-order chi connectivity index (χ0) is 12.2. The molecule has 0 radical (unpaired) electrons. The maximum Gasteiger partial charge on any atom is 0.137 e. The lowest BCUT2D eigenvalue weighted by Gasteiger charge is -2.30. The van der Waals surface area contributed by atoms with Crippen LogP contribution in [0.25, 0.3) is 0 Å². The van der Waals surface area contributed by atoms with Crippen LogP contribution in [0.15, 0.2) is 22.7 Å². The van der Waals surface area contributed by atoms with Crippen molar-refractivity contribution in [1.29, 1.82) is 0 Å². The second kappa shape index (κ2) is 6.15.